The second-order valence-electron chi connectivity index (χ2n) is 8.92. The minimum Gasteiger partial charge on any atom is -0.352 e. The van der Waals surface area contributed by atoms with Gasteiger partial charge in [-0.05, 0) is 68.1 Å². The van der Waals surface area contributed by atoms with Crippen molar-refractivity contribution in [1.82, 2.24) is 25.6 Å². The number of fused-ring (bicyclic) bond motifs is 1. The van der Waals surface area contributed by atoms with E-state index in [1.807, 2.05) is 6.07 Å². The Bertz CT molecular complexity index is 1260. The molecule has 35 heavy (non-hydrogen) atoms. The van der Waals surface area contributed by atoms with Crippen molar-refractivity contribution in [3.63, 3.8) is 0 Å². The number of rotatable bonds is 8. The summed E-state index contributed by atoms with van der Waals surface area (Å²) in [7, 11) is 0. The van der Waals surface area contributed by atoms with Crippen molar-refractivity contribution >= 4 is 29.2 Å². The third-order valence-corrected chi connectivity index (χ3v) is 6.46. The summed E-state index contributed by atoms with van der Waals surface area (Å²) in [6.07, 6.45) is 3.65. The maximum Gasteiger partial charge on any atom is 0.256 e. The third-order valence-electron chi connectivity index (χ3n) is 6.46. The second kappa shape index (κ2) is 9.53. The zero-order valence-corrected chi connectivity index (χ0v) is 19.4. The average Bonchev–Trinajstić information content (AvgIpc) is 3.67. The molecule has 2 aliphatic rings. The number of halogens is 2. The highest BCUT2D eigenvalue weighted by Gasteiger charge is 2.46. The van der Waals surface area contributed by atoms with E-state index < -0.39 is 23.8 Å². The predicted molar refractivity (Wildman–Crippen MR) is 130 cm³/mol. The van der Waals surface area contributed by atoms with Crippen molar-refractivity contribution < 1.29 is 13.6 Å². The minimum absolute atomic E-state index is 0.101. The summed E-state index contributed by atoms with van der Waals surface area (Å²) in [6, 6.07) is 8.82. The largest absolute Gasteiger partial charge is 0.352 e. The highest BCUT2D eigenvalue weighted by molar-refractivity contribution is 5.99. The Hall–Kier alpha value is -3.66. The highest BCUT2D eigenvalue weighted by atomic mass is 19.1. The molecule has 1 aliphatic carbocycles. The van der Waals surface area contributed by atoms with E-state index in [0.717, 1.165) is 25.2 Å². The number of aromatic nitrogens is 3. The van der Waals surface area contributed by atoms with Crippen molar-refractivity contribution in [2.75, 3.05) is 30.4 Å². The van der Waals surface area contributed by atoms with Crippen LogP contribution < -0.4 is 21.3 Å². The van der Waals surface area contributed by atoms with Crippen LogP contribution in [0.4, 0.5) is 32.1 Å². The van der Waals surface area contributed by atoms with E-state index in [1.54, 1.807) is 6.92 Å². The van der Waals surface area contributed by atoms with Crippen molar-refractivity contribution in [3.05, 3.63) is 64.7 Å². The molecule has 1 fully saturated rings. The van der Waals surface area contributed by atoms with E-state index in [2.05, 4.69) is 48.4 Å². The molecule has 0 bridgehead atoms. The molecule has 0 unspecified atom stereocenters. The lowest BCUT2D eigenvalue weighted by Gasteiger charge is -2.18. The normalized spacial score (nSPS) is 15.7. The van der Waals surface area contributed by atoms with Gasteiger partial charge < -0.3 is 21.3 Å². The van der Waals surface area contributed by atoms with Crippen LogP contribution in [0.25, 0.3) is 0 Å². The van der Waals surface area contributed by atoms with Crippen LogP contribution in [-0.2, 0) is 18.4 Å². The number of hydrogen-bond acceptors (Lipinski definition) is 7. The lowest BCUT2D eigenvalue weighted by atomic mass is 10.0. The average molecular weight is 480 g/mol. The smallest absolute Gasteiger partial charge is 0.256 e. The quantitative estimate of drug-likeness (QED) is 0.389. The van der Waals surface area contributed by atoms with Gasteiger partial charge in [-0.25, -0.2) is 14.4 Å². The van der Waals surface area contributed by atoms with Gasteiger partial charge in [-0.1, -0.05) is 6.07 Å². The molecule has 8 nitrogen and oxygen atoms in total. The van der Waals surface area contributed by atoms with E-state index in [1.165, 1.54) is 29.5 Å². The maximum atomic E-state index is 14.7. The van der Waals surface area contributed by atoms with Gasteiger partial charge in [0.05, 0.1) is 5.69 Å². The zero-order valence-electron chi connectivity index (χ0n) is 19.4. The summed E-state index contributed by atoms with van der Waals surface area (Å²) < 4.78 is 28.2. The number of hydrogen-bond donors (Lipinski definition) is 4. The Labute approximate surface area is 202 Å². The van der Waals surface area contributed by atoms with Gasteiger partial charge in [-0.3, -0.25) is 9.18 Å². The van der Waals surface area contributed by atoms with E-state index in [9.17, 15) is 13.6 Å². The van der Waals surface area contributed by atoms with Crippen LogP contribution >= 0.6 is 0 Å². The Kier molecular flexibility index (Phi) is 6.29. The van der Waals surface area contributed by atoms with E-state index >= 15 is 0 Å². The van der Waals surface area contributed by atoms with Crippen LogP contribution in [-0.4, -0.2) is 40.6 Å². The fourth-order valence-electron chi connectivity index (χ4n) is 4.19. The SMILES string of the molecule is CCNC(=O)c1cnc(Nc2ccc3c(c2)CCNC3)nc1Nc1nc(C2(CF)CC2)ccc1F. The van der Waals surface area contributed by atoms with Crippen LogP contribution in [0, 0.1) is 5.82 Å². The minimum atomic E-state index is -0.646. The monoisotopic (exact) mass is 479 g/mol. The first kappa shape index (κ1) is 23.1. The summed E-state index contributed by atoms with van der Waals surface area (Å²) in [6.45, 7) is 3.41. The van der Waals surface area contributed by atoms with Gasteiger partial charge in [-0.2, -0.15) is 4.98 Å². The second-order valence-corrected chi connectivity index (χ2v) is 8.92. The van der Waals surface area contributed by atoms with Gasteiger partial charge >= 0.3 is 0 Å². The molecule has 4 N–H and O–H groups in total. The first-order chi connectivity index (χ1) is 17.0. The number of anilines is 4. The molecule has 1 aliphatic heterocycles. The molecule has 10 heteroatoms. The Morgan fingerprint density at radius 2 is 1.97 bits per heavy atom. The molecule has 5 rings (SSSR count). The number of carbonyl (C=O) groups is 1. The molecule has 0 radical (unpaired) electrons. The van der Waals surface area contributed by atoms with Crippen LogP contribution in [0.2, 0.25) is 0 Å². The van der Waals surface area contributed by atoms with Crippen LogP contribution in [0.3, 0.4) is 0 Å². The predicted octanol–water partition coefficient (Wildman–Crippen LogP) is 3.89. The third kappa shape index (κ3) is 4.79. The molecule has 1 amide bonds. The van der Waals surface area contributed by atoms with E-state index in [-0.39, 0.29) is 23.1 Å². The first-order valence-corrected chi connectivity index (χ1v) is 11.8. The molecule has 2 aromatic heterocycles. The molecule has 182 valence electrons. The van der Waals surface area contributed by atoms with Crippen LogP contribution in [0.15, 0.2) is 36.5 Å². The number of carbonyl (C=O) groups excluding carboxylic acids is 1. The van der Waals surface area contributed by atoms with Gasteiger partial charge in [0, 0.05) is 30.4 Å². The summed E-state index contributed by atoms with van der Waals surface area (Å²) >= 11 is 0. The summed E-state index contributed by atoms with van der Waals surface area (Å²) in [5.74, 6) is -0.792. The number of nitrogens with zero attached hydrogens (tertiary/aromatic N) is 3. The van der Waals surface area contributed by atoms with Gasteiger partial charge in [0.25, 0.3) is 5.91 Å². The number of nitrogens with one attached hydrogen (secondary N) is 4. The molecular formula is C25H27F2N7O. The van der Waals surface area contributed by atoms with Crippen molar-refractivity contribution in [1.29, 1.82) is 0 Å². The molecular weight excluding hydrogens is 452 g/mol. The topological polar surface area (TPSA) is 104 Å². The summed E-state index contributed by atoms with van der Waals surface area (Å²) in [5.41, 5.74) is 3.29. The van der Waals surface area contributed by atoms with Crippen molar-refractivity contribution in [3.8, 4) is 0 Å². The maximum absolute atomic E-state index is 14.7. The first-order valence-electron chi connectivity index (χ1n) is 11.8. The number of alkyl halides is 1. The summed E-state index contributed by atoms with van der Waals surface area (Å²) in [4.78, 5) is 25.7. The Morgan fingerprint density at radius 3 is 2.74 bits per heavy atom. The number of amides is 1. The molecule has 1 aromatic carbocycles. The highest BCUT2D eigenvalue weighted by Crippen LogP contribution is 2.48. The van der Waals surface area contributed by atoms with Gasteiger partial charge in [0.1, 0.15) is 18.1 Å². The molecule has 0 atom stereocenters. The fraction of sp³-hybridized carbons (Fsp3) is 0.360. The number of benzene rings is 1. The van der Waals surface area contributed by atoms with Crippen molar-refractivity contribution in [2.24, 2.45) is 0 Å². The molecule has 3 aromatic rings. The van der Waals surface area contributed by atoms with Gasteiger partial charge in [0.15, 0.2) is 11.6 Å². The molecule has 0 spiro atoms. The van der Waals surface area contributed by atoms with Crippen LogP contribution in [0.1, 0.15) is 46.9 Å². The van der Waals surface area contributed by atoms with Gasteiger partial charge in [0.2, 0.25) is 5.95 Å². The zero-order chi connectivity index (χ0) is 24.4. The standard InChI is InChI=1S/C25H27F2N7O/c1-2-29-23(35)18-13-30-24(31-17-4-3-16-12-28-10-7-15(16)11-17)34-21(18)33-22-19(27)5-6-20(32-22)25(14-26)8-9-25/h3-6,11,13,28H,2,7-10,12,14H2,1H3,(H,29,35)(H2,30,31,32,33,34). The number of pyridine rings is 1. The van der Waals surface area contributed by atoms with E-state index in [4.69, 9.17) is 0 Å². The molecule has 3 heterocycles. The molecule has 1 saturated carbocycles. The van der Waals surface area contributed by atoms with Gasteiger partial charge in [-0.15, -0.1) is 0 Å². The summed E-state index contributed by atoms with van der Waals surface area (Å²) in [5, 5.41) is 12.1. The van der Waals surface area contributed by atoms with Crippen LogP contribution in [0.5, 0.6) is 0 Å². The lowest BCUT2D eigenvalue weighted by Crippen LogP contribution is -2.24. The Balaban J connectivity index is 1.46. The molecule has 0 saturated heterocycles. The lowest BCUT2D eigenvalue weighted by molar-refractivity contribution is 0.0956. The fourth-order valence-corrected chi connectivity index (χ4v) is 4.19. The Morgan fingerprint density at radius 1 is 1.11 bits per heavy atom. The van der Waals surface area contributed by atoms with E-state index in [0.29, 0.717) is 25.1 Å². The van der Waals surface area contributed by atoms with Crippen molar-refractivity contribution in [2.45, 2.75) is 38.1 Å².